The van der Waals surface area contributed by atoms with Crippen LogP contribution in [0.5, 0.6) is 0 Å². The second-order valence-electron chi connectivity index (χ2n) is 5.80. The lowest BCUT2D eigenvalue weighted by molar-refractivity contribution is 0.102. The zero-order valence-electron chi connectivity index (χ0n) is 13.7. The van der Waals surface area contributed by atoms with Crippen molar-refractivity contribution in [1.82, 2.24) is 10.3 Å². The highest BCUT2D eigenvalue weighted by Gasteiger charge is 2.11. The molecule has 5 heteroatoms. The summed E-state index contributed by atoms with van der Waals surface area (Å²) in [5.74, 6) is -0.608. The van der Waals surface area contributed by atoms with E-state index in [1.165, 1.54) is 29.8 Å². The Morgan fingerprint density at radius 2 is 1.92 bits per heavy atom. The number of hydrogen-bond acceptors (Lipinski definition) is 2. The second-order valence-corrected chi connectivity index (χ2v) is 5.80. The van der Waals surface area contributed by atoms with E-state index in [-0.39, 0.29) is 11.7 Å². The predicted molar refractivity (Wildman–Crippen MR) is 95.0 cm³/mol. The largest absolute Gasteiger partial charge is 0.358 e. The number of aryl methyl sites for hydroxylation is 1. The summed E-state index contributed by atoms with van der Waals surface area (Å²) in [5, 5.41) is 7.14. The Labute approximate surface area is 140 Å². The van der Waals surface area contributed by atoms with Gasteiger partial charge in [-0.1, -0.05) is 0 Å². The molecule has 0 aliphatic rings. The van der Waals surface area contributed by atoms with Crippen LogP contribution in [0.25, 0.3) is 10.9 Å². The van der Waals surface area contributed by atoms with Crippen LogP contribution in [0.4, 0.5) is 10.1 Å². The number of amides is 1. The minimum absolute atomic E-state index is 0.251. The molecule has 0 saturated heterocycles. The lowest BCUT2D eigenvalue weighted by Crippen LogP contribution is -2.12. The zero-order valence-corrected chi connectivity index (χ0v) is 13.7. The van der Waals surface area contributed by atoms with Gasteiger partial charge in [0.1, 0.15) is 5.82 Å². The van der Waals surface area contributed by atoms with E-state index >= 15 is 0 Å². The number of aromatic nitrogens is 1. The monoisotopic (exact) mass is 325 g/mol. The molecular formula is C19H20FN3O. The molecule has 0 aliphatic heterocycles. The minimum atomic E-state index is -0.357. The minimum Gasteiger partial charge on any atom is -0.358 e. The van der Waals surface area contributed by atoms with Gasteiger partial charge in [0.25, 0.3) is 5.91 Å². The van der Waals surface area contributed by atoms with Gasteiger partial charge in [0, 0.05) is 27.8 Å². The van der Waals surface area contributed by atoms with Gasteiger partial charge in [0.2, 0.25) is 0 Å². The summed E-state index contributed by atoms with van der Waals surface area (Å²) in [4.78, 5) is 15.6. The number of likely N-dealkylation sites (N-methyl/N-ethyl adjacent to an activating group) is 1. The third kappa shape index (κ3) is 3.31. The molecule has 2 aromatic carbocycles. The van der Waals surface area contributed by atoms with Crippen molar-refractivity contribution in [3.05, 3.63) is 65.1 Å². The predicted octanol–water partition coefficient (Wildman–Crippen LogP) is 3.63. The Hall–Kier alpha value is -2.66. The van der Waals surface area contributed by atoms with Gasteiger partial charge in [0.15, 0.2) is 0 Å². The Kier molecular flexibility index (Phi) is 4.62. The molecule has 0 unspecified atom stereocenters. The smallest absolute Gasteiger partial charge is 0.255 e. The molecule has 0 aliphatic carbocycles. The lowest BCUT2D eigenvalue weighted by atomic mass is 10.1. The van der Waals surface area contributed by atoms with E-state index in [1.54, 1.807) is 0 Å². The highest BCUT2D eigenvalue weighted by atomic mass is 19.1. The number of carbonyl (C=O) groups excluding carboxylic acids is 1. The maximum Gasteiger partial charge on any atom is 0.255 e. The van der Waals surface area contributed by atoms with Gasteiger partial charge in [0.05, 0.1) is 0 Å². The number of hydrogen-bond donors (Lipinski definition) is 3. The first kappa shape index (κ1) is 16.2. The highest BCUT2D eigenvalue weighted by molar-refractivity contribution is 6.05. The molecule has 3 aromatic rings. The van der Waals surface area contributed by atoms with Gasteiger partial charge >= 0.3 is 0 Å². The molecule has 0 fully saturated rings. The normalized spacial score (nSPS) is 11.0. The molecule has 0 spiro atoms. The molecule has 0 saturated carbocycles. The van der Waals surface area contributed by atoms with Crippen LogP contribution in [-0.2, 0) is 6.42 Å². The van der Waals surface area contributed by atoms with Crippen molar-refractivity contribution < 1.29 is 9.18 Å². The van der Waals surface area contributed by atoms with E-state index in [9.17, 15) is 9.18 Å². The summed E-state index contributed by atoms with van der Waals surface area (Å²) in [6.07, 6.45) is 0.914. The molecule has 1 aromatic heterocycles. The molecule has 4 nitrogen and oxygen atoms in total. The third-order valence-electron chi connectivity index (χ3n) is 4.11. The summed E-state index contributed by atoms with van der Waals surface area (Å²) >= 11 is 0. The maximum atomic E-state index is 13.0. The zero-order chi connectivity index (χ0) is 17.1. The highest BCUT2D eigenvalue weighted by Crippen LogP contribution is 2.26. The van der Waals surface area contributed by atoms with Crippen LogP contribution in [0.1, 0.15) is 21.6 Å². The van der Waals surface area contributed by atoms with Gasteiger partial charge < -0.3 is 15.6 Å². The number of anilines is 1. The van der Waals surface area contributed by atoms with E-state index in [1.807, 2.05) is 25.2 Å². The fourth-order valence-electron chi connectivity index (χ4n) is 2.84. The molecular weight excluding hydrogens is 305 g/mol. The lowest BCUT2D eigenvalue weighted by Gasteiger charge is -2.07. The summed E-state index contributed by atoms with van der Waals surface area (Å²) in [5.41, 5.74) is 4.59. The number of H-pyrrole nitrogens is 1. The molecule has 0 bridgehead atoms. The standard InChI is InChI=1S/C19H20FN3O/c1-12-16(9-10-21-2)17-11-15(7-8-18(17)22-12)23-19(24)13-3-5-14(20)6-4-13/h3-8,11,21-22H,9-10H2,1-2H3,(H,23,24). The molecule has 1 heterocycles. The van der Waals surface area contributed by atoms with Gasteiger partial charge in [-0.2, -0.15) is 0 Å². The SMILES string of the molecule is CNCCc1c(C)[nH]c2ccc(NC(=O)c3ccc(F)cc3)cc12. The van der Waals surface area contributed by atoms with Gasteiger partial charge in [-0.15, -0.1) is 0 Å². The first-order valence-electron chi connectivity index (χ1n) is 7.91. The number of fused-ring (bicyclic) bond motifs is 1. The van der Waals surface area contributed by atoms with Crippen molar-refractivity contribution in [2.24, 2.45) is 0 Å². The molecule has 3 rings (SSSR count). The fraction of sp³-hybridized carbons (Fsp3) is 0.211. The van der Waals surface area contributed by atoms with Crippen LogP contribution in [-0.4, -0.2) is 24.5 Å². The average molecular weight is 325 g/mol. The molecule has 3 N–H and O–H groups in total. The van der Waals surface area contributed by atoms with Crippen LogP contribution >= 0.6 is 0 Å². The van der Waals surface area contributed by atoms with Crippen molar-refractivity contribution in [1.29, 1.82) is 0 Å². The topological polar surface area (TPSA) is 56.9 Å². The number of carbonyl (C=O) groups is 1. The average Bonchev–Trinajstić information content (AvgIpc) is 2.88. The Balaban J connectivity index is 1.87. The molecule has 124 valence electrons. The quantitative estimate of drug-likeness (QED) is 0.671. The van der Waals surface area contributed by atoms with Gasteiger partial charge in [-0.3, -0.25) is 4.79 Å². The number of nitrogens with one attached hydrogen (secondary N) is 3. The molecule has 24 heavy (non-hydrogen) atoms. The summed E-state index contributed by atoms with van der Waals surface area (Å²) in [6.45, 7) is 2.95. The van der Waals surface area contributed by atoms with Crippen LogP contribution in [0.3, 0.4) is 0 Å². The molecule has 0 atom stereocenters. The Morgan fingerprint density at radius 1 is 1.17 bits per heavy atom. The van der Waals surface area contributed by atoms with Gasteiger partial charge in [-0.05, 0) is 75.0 Å². The van der Waals surface area contributed by atoms with Crippen LogP contribution in [0.15, 0.2) is 42.5 Å². The fourth-order valence-corrected chi connectivity index (χ4v) is 2.84. The maximum absolute atomic E-state index is 13.0. The first-order chi connectivity index (χ1) is 11.6. The van der Waals surface area contributed by atoms with Gasteiger partial charge in [-0.25, -0.2) is 4.39 Å². The number of rotatable bonds is 5. The van der Waals surface area contributed by atoms with E-state index in [0.29, 0.717) is 5.56 Å². The Bertz CT molecular complexity index is 868. The number of benzene rings is 2. The summed E-state index contributed by atoms with van der Waals surface area (Å²) < 4.78 is 13.0. The molecule has 0 radical (unpaired) electrons. The van der Waals surface area contributed by atoms with E-state index in [0.717, 1.165) is 35.2 Å². The van der Waals surface area contributed by atoms with Crippen molar-refractivity contribution >= 4 is 22.5 Å². The van der Waals surface area contributed by atoms with Crippen molar-refractivity contribution in [3.63, 3.8) is 0 Å². The van der Waals surface area contributed by atoms with Crippen LogP contribution < -0.4 is 10.6 Å². The van der Waals surface area contributed by atoms with E-state index < -0.39 is 0 Å². The number of aromatic amines is 1. The summed E-state index contributed by atoms with van der Waals surface area (Å²) in [6, 6.07) is 11.3. The van der Waals surface area contributed by atoms with E-state index in [4.69, 9.17) is 0 Å². The van der Waals surface area contributed by atoms with Crippen LogP contribution in [0, 0.1) is 12.7 Å². The summed E-state index contributed by atoms with van der Waals surface area (Å²) in [7, 11) is 1.93. The third-order valence-corrected chi connectivity index (χ3v) is 4.11. The van der Waals surface area contributed by atoms with Crippen molar-refractivity contribution in [2.45, 2.75) is 13.3 Å². The first-order valence-corrected chi connectivity index (χ1v) is 7.91. The van der Waals surface area contributed by atoms with Crippen LogP contribution in [0.2, 0.25) is 0 Å². The number of halogens is 1. The second kappa shape index (κ2) is 6.84. The van der Waals surface area contributed by atoms with Crippen molar-refractivity contribution in [2.75, 3.05) is 18.9 Å². The Morgan fingerprint density at radius 3 is 2.62 bits per heavy atom. The van der Waals surface area contributed by atoms with Crippen molar-refractivity contribution in [3.8, 4) is 0 Å². The molecule has 1 amide bonds. The van der Waals surface area contributed by atoms with E-state index in [2.05, 4.69) is 22.5 Å².